The topological polar surface area (TPSA) is 109 Å². The molecule has 0 fully saturated rings. The molecule has 1 heterocycles. The van der Waals surface area contributed by atoms with Crippen LogP contribution in [0.15, 0.2) is 58.3 Å². The average molecular weight is 394 g/mol. The third-order valence-electron chi connectivity index (χ3n) is 3.99. The lowest BCUT2D eigenvalue weighted by atomic mass is 10.1. The summed E-state index contributed by atoms with van der Waals surface area (Å²) in [5.41, 5.74) is 0. The first-order chi connectivity index (χ1) is 11.7. The first-order valence-corrected chi connectivity index (χ1v) is 10.7. The summed E-state index contributed by atoms with van der Waals surface area (Å²) < 4.78 is 66.7. The Balaban J connectivity index is 2.27. The van der Waals surface area contributed by atoms with E-state index >= 15 is 0 Å². The van der Waals surface area contributed by atoms with E-state index in [1.54, 1.807) is 30.3 Å². The van der Waals surface area contributed by atoms with E-state index in [0.29, 0.717) is 21.5 Å². The van der Waals surface area contributed by atoms with Gasteiger partial charge in [-0.25, -0.2) is 0 Å². The summed E-state index contributed by atoms with van der Waals surface area (Å²) >= 11 is 1.38. The van der Waals surface area contributed by atoms with Gasteiger partial charge in [-0.2, -0.15) is 16.8 Å². The van der Waals surface area contributed by atoms with Crippen LogP contribution >= 0.6 is 11.3 Å². The minimum Gasteiger partial charge on any atom is -0.282 e. The van der Waals surface area contributed by atoms with Crippen LogP contribution in [-0.4, -0.2) is 25.9 Å². The zero-order chi connectivity index (χ0) is 18.0. The largest absolute Gasteiger partial charge is 0.295 e. The maximum Gasteiger partial charge on any atom is 0.295 e. The lowest BCUT2D eigenvalue weighted by molar-refractivity contribution is 0.481. The smallest absolute Gasteiger partial charge is 0.282 e. The van der Waals surface area contributed by atoms with Gasteiger partial charge in [-0.1, -0.05) is 24.3 Å². The van der Waals surface area contributed by atoms with Crippen LogP contribution in [0.3, 0.4) is 0 Å². The summed E-state index contributed by atoms with van der Waals surface area (Å²) in [7, 11) is -8.85. The van der Waals surface area contributed by atoms with E-state index in [1.807, 2.05) is 0 Å². The number of thiophene rings is 1. The Morgan fingerprint density at radius 2 is 1.40 bits per heavy atom. The van der Waals surface area contributed by atoms with Crippen molar-refractivity contribution in [1.29, 1.82) is 0 Å². The molecular weight excluding hydrogens is 384 g/mol. The molecule has 1 aromatic heterocycles. The molecule has 9 heteroatoms. The summed E-state index contributed by atoms with van der Waals surface area (Å²) in [4.78, 5) is -0.520. The number of fused-ring (bicyclic) bond motifs is 5. The van der Waals surface area contributed by atoms with Crippen LogP contribution in [0.4, 0.5) is 0 Å². The molecule has 0 bridgehead atoms. The quantitative estimate of drug-likeness (QED) is 0.502. The van der Waals surface area contributed by atoms with Gasteiger partial charge in [-0.15, -0.1) is 11.3 Å². The van der Waals surface area contributed by atoms with Crippen molar-refractivity contribution in [2.75, 3.05) is 0 Å². The predicted molar refractivity (Wildman–Crippen MR) is 96.5 cm³/mol. The van der Waals surface area contributed by atoms with Gasteiger partial charge in [0.05, 0.1) is 4.90 Å². The van der Waals surface area contributed by atoms with Gasteiger partial charge in [0, 0.05) is 30.9 Å². The van der Waals surface area contributed by atoms with Crippen molar-refractivity contribution in [3.8, 4) is 0 Å². The molecule has 6 nitrogen and oxygen atoms in total. The second kappa shape index (κ2) is 5.23. The summed E-state index contributed by atoms with van der Waals surface area (Å²) in [6, 6.07) is 12.3. The number of rotatable bonds is 2. The van der Waals surface area contributed by atoms with E-state index in [-0.39, 0.29) is 9.79 Å². The molecule has 0 saturated heterocycles. The van der Waals surface area contributed by atoms with Crippen LogP contribution in [0.1, 0.15) is 0 Å². The zero-order valence-electron chi connectivity index (χ0n) is 12.4. The second-order valence-corrected chi connectivity index (χ2v) is 9.37. The zero-order valence-corrected chi connectivity index (χ0v) is 14.8. The highest BCUT2D eigenvalue weighted by Gasteiger charge is 2.20. The molecule has 3 aromatic carbocycles. The van der Waals surface area contributed by atoms with Crippen molar-refractivity contribution in [2.45, 2.75) is 9.79 Å². The van der Waals surface area contributed by atoms with Crippen LogP contribution in [-0.2, 0) is 20.2 Å². The Labute approximate surface area is 146 Å². The fourth-order valence-corrected chi connectivity index (χ4v) is 5.35. The molecule has 0 radical (unpaired) electrons. The average Bonchev–Trinajstić information content (AvgIpc) is 2.90. The maximum absolute atomic E-state index is 11.8. The molecule has 0 aliphatic carbocycles. The van der Waals surface area contributed by atoms with Gasteiger partial charge in [0.25, 0.3) is 20.2 Å². The highest BCUT2D eigenvalue weighted by atomic mass is 32.2. The van der Waals surface area contributed by atoms with Crippen LogP contribution in [0.2, 0.25) is 0 Å². The van der Waals surface area contributed by atoms with Crippen molar-refractivity contribution >= 4 is 62.5 Å². The highest BCUT2D eigenvalue weighted by Crippen LogP contribution is 2.41. The summed E-state index contributed by atoms with van der Waals surface area (Å²) in [5.74, 6) is 0. The molecule has 0 saturated carbocycles. The monoisotopic (exact) mass is 394 g/mol. The lowest BCUT2D eigenvalue weighted by Crippen LogP contribution is -1.99. The Hall–Kier alpha value is -2.04. The molecule has 0 spiro atoms. The molecule has 0 amide bonds. The lowest BCUT2D eigenvalue weighted by Gasteiger charge is -2.05. The Morgan fingerprint density at radius 3 is 2.04 bits per heavy atom. The molecule has 25 heavy (non-hydrogen) atoms. The molecule has 0 unspecified atom stereocenters. The molecular formula is C16H10O6S3. The summed E-state index contributed by atoms with van der Waals surface area (Å²) in [6.07, 6.45) is 0. The number of benzene rings is 3. The van der Waals surface area contributed by atoms with E-state index in [2.05, 4.69) is 0 Å². The van der Waals surface area contributed by atoms with Gasteiger partial charge in [0.2, 0.25) is 0 Å². The first kappa shape index (κ1) is 16.4. The van der Waals surface area contributed by atoms with Crippen molar-refractivity contribution < 1.29 is 25.9 Å². The fourth-order valence-electron chi connectivity index (χ4n) is 2.92. The molecule has 0 aliphatic rings. The van der Waals surface area contributed by atoms with Gasteiger partial charge in [-0.05, 0) is 24.3 Å². The van der Waals surface area contributed by atoms with Gasteiger partial charge >= 0.3 is 0 Å². The number of hydrogen-bond acceptors (Lipinski definition) is 5. The van der Waals surface area contributed by atoms with Gasteiger partial charge in [-0.3, -0.25) is 9.11 Å². The molecule has 0 aliphatic heterocycles. The third kappa shape index (κ3) is 2.60. The minimum atomic E-state index is -4.47. The third-order valence-corrected chi connectivity index (χ3v) is 6.95. The van der Waals surface area contributed by atoms with Crippen LogP contribution < -0.4 is 0 Å². The van der Waals surface area contributed by atoms with Gasteiger partial charge in [0.1, 0.15) is 4.90 Å². The van der Waals surface area contributed by atoms with E-state index in [0.717, 1.165) is 9.40 Å². The van der Waals surface area contributed by atoms with Crippen molar-refractivity contribution in [3.63, 3.8) is 0 Å². The predicted octanol–water partition coefficient (Wildman–Crippen LogP) is 3.70. The van der Waals surface area contributed by atoms with E-state index < -0.39 is 20.2 Å². The molecule has 128 valence electrons. The SMILES string of the molecule is O=S(=O)(O)c1ccc2sc3c4ccccc4c(S(=O)(=O)O)cc3c2c1. The van der Waals surface area contributed by atoms with Gasteiger partial charge < -0.3 is 0 Å². The van der Waals surface area contributed by atoms with Crippen molar-refractivity contribution in [3.05, 3.63) is 48.5 Å². The molecule has 0 atom stereocenters. The normalized spacial score (nSPS) is 13.0. The van der Waals surface area contributed by atoms with E-state index in [1.165, 1.54) is 29.5 Å². The summed E-state index contributed by atoms with van der Waals surface area (Å²) in [5, 5.41) is 2.02. The van der Waals surface area contributed by atoms with E-state index in [9.17, 15) is 25.9 Å². The maximum atomic E-state index is 11.8. The molecule has 4 rings (SSSR count). The van der Waals surface area contributed by atoms with Crippen LogP contribution in [0.5, 0.6) is 0 Å². The highest BCUT2D eigenvalue weighted by molar-refractivity contribution is 7.86. The number of hydrogen-bond donors (Lipinski definition) is 2. The Kier molecular flexibility index (Phi) is 3.44. The van der Waals surface area contributed by atoms with Gasteiger partial charge in [0.15, 0.2) is 0 Å². The fraction of sp³-hybridized carbons (Fsp3) is 0. The minimum absolute atomic E-state index is 0.243. The Morgan fingerprint density at radius 1 is 0.720 bits per heavy atom. The van der Waals surface area contributed by atoms with Crippen LogP contribution in [0, 0.1) is 0 Å². The van der Waals surface area contributed by atoms with Crippen LogP contribution in [0.25, 0.3) is 30.9 Å². The standard InChI is InChI=1S/C16H10O6S3/c17-24(18,19)9-5-6-14-12(7-9)13-8-15(25(20,21)22)10-3-1-2-4-11(10)16(13)23-14/h1-8H,(H,17,18,19)(H,20,21,22). The molecule has 4 aromatic rings. The Bertz CT molecular complexity index is 1380. The summed E-state index contributed by atoms with van der Waals surface area (Å²) in [6.45, 7) is 0. The van der Waals surface area contributed by atoms with Crippen molar-refractivity contribution in [2.24, 2.45) is 0 Å². The molecule has 2 N–H and O–H groups in total. The first-order valence-electron chi connectivity index (χ1n) is 6.99. The second-order valence-electron chi connectivity index (χ2n) is 5.51. The van der Waals surface area contributed by atoms with E-state index in [4.69, 9.17) is 0 Å². The van der Waals surface area contributed by atoms with Crippen molar-refractivity contribution in [1.82, 2.24) is 0 Å².